The fourth-order valence-electron chi connectivity index (χ4n) is 3.40. The summed E-state index contributed by atoms with van der Waals surface area (Å²) in [6.07, 6.45) is 3.66. The second-order valence-electron chi connectivity index (χ2n) is 6.68. The SMILES string of the molecule is O=C(Nc1ccc(-c2cccc(F)c2)cc1)[C@@H]1CCCN(c2nccs2)C1. The summed E-state index contributed by atoms with van der Waals surface area (Å²) in [5.74, 6) is -0.271. The largest absolute Gasteiger partial charge is 0.347 e. The van der Waals surface area contributed by atoms with Crippen LogP contribution in [0, 0.1) is 11.7 Å². The van der Waals surface area contributed by atoms with Gasteiger partial charge in [0.2, 0.25) is 5.91 Å². The van der Waals surface area contributed by atoms with Gasteiger partial charge in [0.1, 0.15) is 5.82 Å². The number of nitrogens with one attached hydrogen (secondary N) is 1. The van der Waals surface area contributed by atoms with E-state index in [0.717, 1.165) is 41.3 Å². The maximum atomic E-state index is 13.4. The molecule has 4 rings (SSSR count). The van der Waals surface area contributed by atoms with Crippen molar-refractivity contribution in [2.75, 3.05) is 23.3 Å². The van der Waals surface area contributed by atoms with E-state index in [1.807, 2.05) is 35.7 Å². The molecule has 0 saturated carbocycles. The van der Waals surface area contributed by atoms with Crippen molar-refractivity contribution >= 4 is 28.1 Å². The number of carbonyl (C=O) groups is 1. The van der Waals surface area contributed by atoms with Gasteiger partial charge in [-0.2, -0.15) is 0 Å². The zero-order valence-electron chi connectivity index (χ0n) is 14.8. The van der Waals surface area contributed by atoms with Gasteiger partial charge in [0.25, 0.3) is 0 Å². The first kappa shape index (κ1) is 17.7. The fraction of sp³-hybridized carbons (Fsp3) is 0.238. The number of hydrogen-bond acceptors (Lipinski definition) is 4. The molecule has 1 saturated heterocycles. The van der Waals surface area contributed by atoms with Crippen LogP contribution in [0.15, 0.2) is 60.1 Å². The van der Waals surface area contributed by atoms with E-state index < -0.39 is 0 Å². The van der Waals surface area contributed by atoms with Crippen LogP contribution in [0.3, 0.4) is 0 Å². The number of carbonyl (C=O) groups excluding carboxylic acids is 1. The highest BCUT2D eigenvalue weighted by molar-refractivity contribution is 7.13. The number of piperidine rings is 1. The van der Waals surface area contributed by atoms with E-state index in [9.17, 15) is 9.18 Å². The molecule has 1 aliphatic heterocycles. The standard InChI is InChI=1S/C21H20FN3OS/c22-18-5-1-3-16(13-18)15-6-8-19(9-7-15)24-20(26)17-4-2-11-25(14-17)21-23-10-12-27-21/h1,3,5-10,12-13,17H,2,4,11,14H2,(H,24,26)/t17-/m1/s1. The van der Waals surface area contributed by atoms with Gasteiger partial charge in [-0.3, -0.25) is 4.79 Å². The average Bonchev–Trinajstić information content (AvgIpc) is 3.24. The number of halogens is 1. The van der Waals surface area contributed by atoms with Crippen LogP contribution >= 0.6 is 11.3 Å². The van der Waals surface area contributed by atoms with Gasteiger partial charge in [0.15, 0.2) is 5.13 Å². The molecule has 2 heterocycles. The van der Waals surface area contributed by atoms with E-state index in [0.29, 0.717) is 6.54 Å². The Morgan fingerprint density at radius 2 is 2.04 bits per heavy atom. The molecule has 0 radical (unpaired) electrons. The van der Waals surface area contributed by atoms with Gasteiger partial charge in [-0.1, -0.05) is 24.3 Å². The lowest BCUT2D eigenvalue weighted by Gasteiger charge is -2.31. The van der Waals surface area contributed by atoms with Crippen LogP contribution in [0.4, 0.5) is 15.2 Å². The molecule has 2 aromatic carbocycles. The van der Waals surface area contributed by atoms with Crippen LogP contribution in [0.5, 0.6) is 0 Å². The third kappa shape index (κ3) is 4.17. The highest BCUT2D eigenvalue weighted by Gasteiger charge is 2.27. The molecule has 0 spiro atoms. The molecular formula is C21H20FN3OS. The molecule has 1 aromatic heterocycles. The third-order valence-electron chi connectivity index (χ3n) is 4.79. The Morgan fingerprint density at radius 1 is 1.19 bits per heavy atom. The Balaban J connectivity index is 1.40. The monoisotopic (exact) mass is 381 g/mol. The first-order valence-corrected chi connectivity index (χ1v) is 9.88. The Morgan fingerprint density at radius 3 is 2.78 bits per heavy atom. The van der Waals surface area contributed by atoms with Gasteiger partial charge in [0.05, 0.1) is 5.92 Å². The summed E-state index contributed by atoms with van der Waals surface area (Å²) in [5, 5.41) is 5.95. The van der Waals surface area contributed by atoms with Crippen molar-refractivity contribution in [3.8, 4) is 11.1 Å². The summed E-state index contributed by atoms with van der Waals surface area (Å²) in [6, 6.07) is 14.0. The fourth-order valence-corrected chi connectivity index (χ4v) is 4.08. The summed E-state index contributed by atoms with van der Waals surface area (Å²) in [4.78, 5) is 19.2. The number of nitrogens with zero attached hydrogens (tertiary/aromatic N) is 2. The van der Waals surface area contributed by atoms with E-state index in [1.54, 1.807) is 23.6 Å². The topological polar surface area (TPSA) is 45.2 Å². The number of aromatic nitrogens is 1. The van der Waals surface area contributed by atoms with Crippen molar-refractivity contribution in [2.24, 2.45) is 5.92 Å². The Bertz CT molecular complexity index is 911. The molecule has 1 aliphatic rings. The molecule has 0 aliphatic carbocycles. The summed E-state index contributed by atoms with van der Waals surface area (Å²) < 4.78 is 13.4. The first-order valence-electron chi connectivity index (χ1n) is 9.00. The first-order chi connectivity index (χ1) is 13.2. The minimum atomic E-state index is -0.257. The highest BCUT2D eigenvalue weighted by atomic mass is 32.1. The molecule has 1 amide bonds. The molecule has 0 bridgehead atoms. The number of hydrogen-bond donors (Lipinski definition) is 1. The summed E-state index contributed by atoms with van der Waals surface area (Å²) in [6.45, 7) is 1.64. The minimum absolute atomic E-state index is 0.0368. The maximum absolute atomic E-state index is 13.4. The van der Waals surface area contributed by atoms with Crippen LogP contribution < -0.4 is 10.2 Å². The summed E-state index contributed by atoms with van der Waals surface area (Å²) >= 11 is 1.60. The molecule has 138 valence electrons. The Kier molecular flexibility index (Phi) is 5.16. The van der Waals surface area contributed by atoms with Crippen LogP contribution in [-0.2, 0) is 4.79 Å². The Hall–Kier alpha value is -2.73. The van der Waals surface area contributed by atoms with Crippen LogP contribution in [0.25, 0.3) is 11.1 Å². The van der Waals surface area contributed by atoms with Gasteiger partial charge in [0, 0.05) is 30.4 Å². The van der Waals surface area contributed by atoms with Crippen LogP contribution in [0.2, 0.25) is 0 Å². The molecule has 4 nitrogen and oxygen atoms in total. The van der Waals surface area contributed by atoms with E-state index in [2.05, 4.69) is 15.2 Å². The van der Waals surface area contributed by atoms with Gasteiger partial charge in [-0.05, 0) is 48.2 Å². The molecule has 6 heteroatoms. The number of thiazole rings is 1. The van der Waals surface area contributed by atoms with Crippen molar-refractivity contribution in [3.63, 3.8) is 0 Å². The van der Waals surface area contributed by atoms with E-state index in [-0.39, 0.29) is 17.6 Å². The lowest BCUT2D eigenvalue weighted by atomic mass is 9.97. The van der Waals surface area contributed by atoms with Crippen LogP contribution in [-0.4, -0.2) is 24.0 Å². The average molecular weight is 381 g/mol. The number of anilines is 2. The van der Waals surface area contributed by atoms with Crippen molar-refractivity contribution < 1.29 is 9.18 Å². The number of amides is 1. The maximum Gasteiger partial charge on any atom is 0.229 e. The quantitative estimate of drug-likeness (QED) is 0.706. The minimum Gasteiger partial charge on any atom is -0.347 e. The molecular weight excluding hydrogens is 361 g/mol. The predicted octanol–water partition coefficient (Wildman–Crippen LogP) is 4.80. The second kappa shape index (κ2) is 7.88. The van der Waals surface area contributed by atoms with Crippen molar-refractivity contribution in [1.29, 1.82) is 0 Å². The van der Waals surface area contributed by atoms with Crippen molar-refractivity contribution in [3.05, 3.63) is 65.9 Å². The summed E-state index contributed by atoms with van der Waals surface area (Å²) in [7, 11) is 0. The lowest BCUT2D eigenvalue weighted by molar-refractivity contribution is -0.120. The predicted molar refractivity (Wildman–Crippen MR) is 108 cm³/mol. The highest BCUT2D eigenvalue weighted by Crippen LogP contribution is 2.26. The number of rotatable bonds is 4. The lowest BCUT2D eigenvalue weighted by Crippen LogP contribution is -2.40. The Labute approximate surface area is 161 Å². The van der Waals surface area contributed by atoms with Gasteiger partial charge in [-0.15, -0.1) is 11.3 Å². The smallest absolute Gasteiger partial charge is 0.229 e. The van der Waals surface area contributed by atoms with Gasteiger partial charge < -0.3 is 10.2 Å². The normalized spacial score (nSPS) is 16.9. The van der Waals surface area contributed by atoms with Crippen molar-refractivity contribution in [1.82, 2.24) is 4.98 Å². The van der Waals surface area contributed by atoms with Crippen molar-refractivity contribution in [2.45, 2.75) is 12.8 Å². The zero-order chi connectivity index (χ0) is 18.6. The summed E-state index contributed by atoms with van der Waals surface area (Å²) in [5.41, 5.74) is 2.49. The molecule has 0 unspecified atom stereocenters. The van der Waals surface area contributed by atoms with E-state index >= 15 is 0 Å². The van der Waals surface area contributed by atoms with Crippen LogP contribution in [0.1, 0.15) is 12.8 Å². The zero-order valence-corrected chi connectivity index (χ0v) is 15.6. The third-order valence-corrected chi connectivity index (χ3v) is 5.62. The molecule has 27 heavy (non-hydrogen) atoms. The number of benzene rings is 2. The molecule has 3 aromatic rings. The second-order valence-corrected chi connectivity index (χ2v) is 7.55. The van der Waals surface area contributed by atoms with E-state index in [4.69, 9.17) is 0 Å². The van der Waals surface area contributed by atoms with Gasteiger partial charge in [-0.25, -0.2) is 9.37 Å². The molecule has 1 fully saturated rings. The molecule has 1 N–H and O–H groups in total. The van der Waals surface area contributed by atoms with Gasteiger partial charge >= 0.3 is 0 Å². The van der Waals surface area contributed by atoms with E-state index in [1.165, 1.54) is 12.1 Å². The molecule has 1 atom stereocenters.